The van der Waals surface area contributed by atoms with Crippen molar-refractivity contribution in [2.24, 2.45) is 4.99 Å². The molecule has 0 saturated carbocycles. The lowest BCUT2D eigenvalue weighted by molar-refractivity contribution is 0.101. The molecular formula is C27H26FN5O4S. The first-order valence-corrected chi connectivity index (χ1v) is 13.4. The molecule has 2 heterocycles. The molecular weight excluding hydrogens is 509 g/mol. The van der Waals surface area contributed by atoms with Crippen LogP contribution < -0.4 is 5.32 Å². The molecule has 38 heavy (non-hydrogen) atoms. The van der Waals surface area contributed by atoms with E-state index in [0.29, 0.717) is 29.0 Å². The van der Waals surface area contributed by atoms with Gasteiger partial charge in [-0.2, -0.15) is 13.5 Å². The summed E-state index contributed by atoms with van der Waals surface area (Å²) in [6, 6.07) is 16.3. The fraction of sp³-hybridized carbons (Fsp3) is 0.222. The molecule has 3 aromatic carbocycles. The van der Waals surface area contributed by atoms with Gasteiger partial charge in [-0.15, -0.1) is 0 Å². The second-order valence-electron chi connectivity index (χ2n) is 9.00. The zero-order valence-corrected chi connectivity index (χ0v) is 21.9. The molecule has 1 aliphatic heterocycles. The Morgan fingerprint density at radius 1 is 1.08 bits per heavy atom. The average molecular weight is 536 g/mol. The lowest BCUT2D eigenvalue weighted by Crippen LogP contribution is -2.32. The monoisotopic (exact) mass is 535 g/mol. The van der Waals surface area contributed by atoms with Crippen LogP contribution in [0.3, 0.4) is 0 Å². The highest BCUT2D eigenvalue weighted by Gasteiger charge is 2.25. The lowest BCUT2D eigenvalue weighted by atomic mass is 10.1. The van der Waals surface area contributed by atoms with E-state index in [4.69, 9.17) is 4.18 Å². The first-order chi connectivity index (χ1) is 18.2. The molecule has 0 spiro atoms. The SMILES string of the molecule is COS(=O)(=O)c1cc2ccccc2cc1-n1nc(C)cc1C(=O)Nc1ccc(C2=NCCCN2C)cc1F. The molecule has 0 radical (unpaired) electrons. The lowest BCUT2D eigenvalue weighted by Gasteiger charge is -2.25. The summed E-state index contributed by atoms with van der Waals surface area (Å²) in [5, 5.41) is 8.40. The molecule has 0 atom stereocenters. The van der Waals surface area contributed by atoms with Gasteiger partial charge in [0, 0.05) is 25.7 Å². The van der Waals surface area contributed by atoms with Gasteiger partial charge in [-0.05, 0) is 60.5 Å². The number of fused-ring (bicyclic) bond motifs is 1. The van der Waals surface area contributed by atoms with Gasteiger partial charge in [0.15, 0.2) is 0 Å². The quantitative estimate of drug-likeness (QED) is 0.372. The molecule has 9 nitrogen and oxygen atoms in total. The van der Waals surface area contributed by atoms with E-state index in [1.165, 1.54) is 28.9 Å². The number of rotatable bonds is 6. The van der Waals surface area contributed by atoms with Gasteiger partial charge in [-0.3, -0.25) is 14.0 Å². The molecule has 1 N–H and O–H groups in total. The smallest absolute Gasteiger partial charge is 0.298 e. The van der Waals surface area contributed by atoms with Gasteiger partial charge in [-0.1, -0.05) is 24.3 Å². The van der Waals surface area contributed by atoms with Crippen LogP contribution in [0, 0.1) is 12.7 Å². The fourth-order valence-electron chi connectivity index (χ4n) is 4.48. The first kappa shape index (κ1) is 25.6. The summed E-state index contributed by atoms with van der Waals surface area (Å²) in [6.45, 7) is 3.19. The molecule has 4 aromatic rings. The number of halogens is 1. The maximum absolute atomic E-state index is 15.1. The molecule has 0 unspecified atom stereocenters. The Labute approximate surface area is 219 Å². The Morgan fingerprint density at radius 2 is 1.82 bits per heavy atom. The van der Waals surface area contributed by atoms with Crippen LogP contribution in [0.25, 0.3) is 16.5 Å². The number of aryl methyl sites for hydroxylation is 1. The average Bonchev–Trinajstić information content (AvgIpc) is 3.31. The number of amidine groups is 1. The Kier molecular flexibility index (Phi) is 6.72. The van der Waals surface area contributed by atoms with E-state index in [2.05, 4.69) is 15.4 Å². The first-order valence-electron chi connectivity index (χ1n) is 12.0. The standard InChI is InChI=1S/C27H26FN5O4S/c1-17-13-24(27(34)30-22-10-9-20(14-21(22)28)26-29-11-6-12-32(26)2)33(31-17)23-15-18-7-4-5-8-19(18)16-25(23)38(35,36)37-3/h4-5,7-10,13-16H,6,11-12H2,1-3H3,(H,30,34). The van der Waals surface area contributed by atoms with Crippen molar-refractivity contribution < 1.29 is 21.8 Å². The number of hydrogen-bond acceptors (Lipinski definition) is 7. The van der Waals surface area contributed by atoms with E-state index in [1.54, 1.807) is 31.2 Å². The van der Waals surface area contributed by atoms with Crippen LogP contribution in [0.5, 0.6) is 0 Å². The second kappa shape index (κ2) is 9.99. The van der Waals surface area contributed by atoms with E-state index < -0.39 is 21.8 Å². The van der Waals surface area contributed by atoms with Crippen LogP contribution in [-0.2, 0) is 14.3 Å². The van der Waals surface area contributed by atoms with Gasteiger partial charge in [0.2, 0.25) is 0 Å². The Balaban J connectivity index is 1.54. The number of amides is 1. The molecule has 196 valence electrons. The molecule has 5 rings (SSSR count). The number of carbonyl (C=O) groups is 1. The van der Waals surface area contributed by atoms with Gasteiger partial charge in [-0.25, -0.2) is 9.07 Å². The number of aliphatic imine (C=N–C) groups is 1. The van der Waals surface area contributed by atoms with Crippen molar-refractivity contribution in [1.82, 2.24) is 14.7 Å². The molecule has 0 saturated heterocycles. The minimum absolute atomic E-state index is 0.0218. The summed E-state index contributed by atoms with van der Waals surface area (Å²) >= 11 is 0. The van der Waals surface area contributed by atoms with Crippen molar-refractivity contribution in [2.45, 2.75) is 18.2 Å². The number of nitrogens with zero attached hydrogens (tertiary/aromatic N) is 4. The van der Waals surface area contributed by atoms with Gasteiger partial charge in [0.25, 0.3) is 16.0 Å². The van der Waals surface area contributed by atoms with Gasteiger partial charge >= 0.3 is 0 Å². The normalized spacial score (nSPS) is 14.0. The van der Waals surface area contributed by atoms with Crippen LogP contribution in [0.1, 0.15) is 28.2 Å². The summed E-state index contributed by atoms with van der Waals surface area (Å²) in [5.41, 5.74) is 1.24. The number of nitrogens with one attached hydrogen (secondary N) is 1. The molecule has 1 amide bonds. The highest BCUT2D eigenvalue weighted by Crippen LogP contribution is 2.29. The van der Waals surface area contributed by atoms with Crippen molar-refractivity contribution >= 4 is 38.3 Å². The summed E-state index contributed by atoms with van der Waals surface area (Å²) in [5.74, 6) is -0.572. The predicted molar refractivity (Wildman–Crippen MR) is 143 cm³/mol. The third-order valence-corrected chi connectivity index (χ3v) is 7.66. The Hall–Kier alpha value is -4.09. The Bertz CT molecular complexity index is 1700. The molecule has 1 aromatic heterocycles. The molecule has 11 heteroatoms. The van der Waals surface area contributed by atoms with E-state index in [0.717, 1.165) is 25.5 Å². The number of anilines is 1. The van der Waals surface area contributed by atoms with Crippen LogP contribution >= 0.6 is 0 Å². The topological polar surface area (TPSA) is 106 Å². The summed E-state index contributed by atoms with van der Waals surface area (Å²) in [7, 11) is -1.18. The third kappa shape index (κ3) is 4.77. The second-order valence-corrected chi connectivity index (χ2v) is 10.7. The predicted octanol–water partition coefficient (Wildman–Crippen LogP) is 4.14. The van der Waals surface area contributed by atoms with Crippen LogP contribution in [0.2, 0.25) is 0 Å². The fourth-order valence-corrected chi connectivity index (χ4v) is 5.33. The van der Waals surface area contributed by atoms with Crippen LogP contribution in [0.4, 0.5) is 10.1 Å². The van der Waals surface area contributed by atoms with Crippen molar-refractivity contribution in [3.05, 3.63) is 83.4 Å². The number of benzene rings is 3. The minimum Gasteiger partial charge on any atom is -0.359 e. The molecule has 0 fully saturated rings. The zero-order valence-electron chi connectivity index (χ0n) is 21.1. The van der Waals surface area contributed by atoms with Gasteiger partial charge < -0.3 is 10.2 Å². The summed E-state index contributed by atoms with van der Waals surface area (Å²) < 4.78 is 46.7. The Morgan fingerprint density at radius 3 is 2.50 bits per heavy atom. The molecule has 0 aliphatic carbocycles. The van der Waals surface area contributed by atoms with E-state index >= 15 is 4.39 Å². The van der Waals surface area contributed by atoms with Gasteiger partial charge in [0.1, 0.15) is 22.2 Å². The minimum atomic E-state index is -4.16. The van der Waals surface area contributed by atoms with Crippen molar-refractivity contribution in [3.8, 4) is 5.69 Å². The number of hydrogen-bond donors (Lipinski definition) is 1. The number of aromatic nitrogens is 2. The molecule has 1 aliphatic rings. The zero-order chi connectivity index (χ0) is 27.0. The van der Waals surface area contributed by atoms with Crippen LogP contribution in [0.15, 0.2) is 70.6 Å². The maximum Gasteiger partial charge on any atom is 0.298 e. The van der Waals surface area contributed by atoms with E-state index in [-0.39, 0.29) is 22.0 Å². The molecule has 0 bridgehead atoms. The van der Waals surface area contributed by atoms with Crippen molar-refractivity contribution in [1.29, 1.82) is 0 Å². The summed E-state index contributed by atoms with van der Waals surface area (Å²) in [4.78, 5) is 19.7. The van der Waals surface area contributed by atoms with Crippen molar-refractivity contribution in [2.75, 3.05) is 32.6 Å². The third-order valence-electron chi connectivity index (χ3n) is 6.36. The highest BCUT2D eigenvalue weighted by molar-refractivity contribution is 7.86. The van der Waals surface area contributed by atoms with E-state index in [1.807, 2.05) is 24.1 Å². The van der Waals surface area contributed by atoms with Crippen LogP contribution in [-0.4, -0.2) is 62.1 Å². The van der Waals surface area contributed by atoms with E-state index in [9.17, 15) is 13.2 Å². The largest absolute Gasteiger partial charge is 0.359 e. The number of carbonyl (C=O) groups excluding carboxylic acids is 1. The highest BCUT2D eigenvalue weighted by atomic mass is 32.2. The van der Waals surface area contributed by atoms with Crippen molar-refractivity contribution in [3.63, 3.8) is 0 Å². The maximum atomic E-state index is 15.1. The van der Waals surface area contributed by atoms with Gasteiger partial charge in [0.05, 0.1) is 24.2 Å². The summed E-state index contributed by atoms with van der Waals surface area (Å²) in [6.07, 6.45) is 0.939.